The first-order valence-electron chi connectivity index (χ1n) is 22.8. The van der Waals surface area contributed by atoms with Crippen molar-refractivity contribution in [2.75, 3.05) is 9.80 Å². The molecule has 0 N–H and O–H groups in total. The number of hydrogen-bond acceptors (Lipinski definition) is 4. The van der Waals surface area contributed by atoms with Crippen LogP contribution in [0, 0.1) is 41.5 Å². The number of allylic oxidation sites excluding steroid dienone is 2. The third-order valence-corrected chi connectivity index (χ3v) is 11.8. The van der Waals surface area contributed by atoms with E-state index in [1.54, 1.807) is 0 Å². The Labute approximate surface area is 397 Å². The molecule has 0 spiro atoms. The summed E-state index contributed by atoms with van der Waals surface area (Å²) in [6.07, 6.45) is 3.99. The Balaban J connectivity index is 0.00000612. The molecule has 1 aliphatic heterocycles. The van der Waals surface area contributed by atoms with E-state index < -0.39 is 0 Å². The van der Waals surface area contributed by atoms with Gasteiger partial charge in [0.05, 0.1) is 0 Å². The van der Waals surface area contributed by atoms with E-state index in [-0.39, 0.29) is 37.3 Å². The van der Waals surface area contributed by atoms with E-state index in [0.717, 1.165) is 57.3 Å². The zero-order chi connectivity index (χ0) is 45.0. The largest absolute Gasteiger partial charge is 0.509 e. The van der Waals surface area contributed by atoms with E-state index in [1.165, 1.54) is 33.8 Å². The average Bonchev–Trinajstić information content (AvgIpc) is 3.78. The zero-order valence-corrected chi connectivity index (χ0v) is 42.4. The van der Waals surface area contributed by atoms with E-state index in [2.05, 4.69) is 226 Å². The van der Waals surface area contributed by atoms with Crippen molar-refractivity contribution in [1.29, 1.82) is 0 Å². The molecular formula is C58H65N4OPt-3. The van der Waals surface area contributed by atoms with Crippen LogP contribution in [-0.2, 0) is 39.3 Å². The summed E-state index contributed by atoms with van der Waals surface area (Å²) in [6, 6.07) is 46.7. The second-order valence-corrected chi connectivity index (χ2v) is 21.4. The third kappa shape index (κ3) is 9.76. The van der Waals surface area contributed by atoms with E-state index in [1.807, 2.05) is 12.3 Å². The van der Waals surface area contributed by atoms with Crippen molar-refractivity contribution in [3.8, 4) is 28.4 Å². The quantitative estimate of drug-likeness (QED) is 0.128. The van der Waals surface area contributed by atoms with Crippen molar-refractivity contribution in [2.24, 2.45) is 22.7 Å². The first kappa shape index (κ1) is 46.9. The topological polar surface area (TPSA) is 33.5 Å². The smallest absolute Gasteiger partial charge is 0.135 e. The van der Waals surface area contributed by atoms with Crippen LogP contribution in [0.25, 0.3) is 38.8 Å². The molecule has 0 saturated heterocycles. The summed E-state index contributed by atoms with van der Waals surface area (Å²) in [4.78, 5) is 9.73. The van der Waals surface area contributed by atoms with E-state index in [4.69, 9.17) is 9.72 Å². The van der Waals surface area contributed by atoms with Crippen molar-refractivity contribution < 1.29 is 25.8 Å². The predicted octanol–water partition coefficient (Wildman–Crippen LogP) is 15.7. The number of para-hydroxylation sites is 1. The van der Waals surface area contributed by atoms with Gasteiger partial charge in [-0.25, -0.2) is 4.98 Å². The fourth-order valence-electron chi connectivity index (χ4n) is 9.14. The minimum Gasteiger partial charge on any atom is -0.509 e. The molecule has 8 rings (SSSR count). The van der Waals surface area contributed by atoms with Gasteiger partial charge in [-0.05, 0) is 88.1 Å². The molecule has 0 fully saturated rings. The normalized spacial score (nSPS) is 13.8. The van der Waals surface area contributed by atoms with Gasteiger partial charge in [0.2, 0.25) is 0 Å². The van der Waals surface area contributed by atoms with Crippen LogP contribution in [0.2, 0.25) is 0 Å². The number of benzene rings is 5. The molecule has 0 radical (unpaired) electrons. The van der Waals surface area contributed by atoms with Gasteiger partial charge < -0.3 is 19.1 Å². The first-order chi connectivity index (χ1) is 29.7. The van der Waals surface area contributed by atoms with Crippen LogP contribution >= 0.6 is 0 Å². The Morgan fingerprint density at radius 3 is 1.84 bits per heavy atom. The molecule has 0 atom stereocenters. The average molecular weight is 1030 g/mol. The Kier molecular flexibility index (Phi) is 13.2. The molecule has 0 amide bonds. The number of anilines is 2. The molecule has 5 aromatic carbocycles. The van der Waals surface area contributed by atoms with Crippen LogP contribution in [-0.4, -0.2) is 9.55 Å². The maximum absolute atomic E-state index is 6.93. The van der Waals surface area contributed by atoms with Gasteiger partial charge in [0, 0.05) is 72.2 Å². The van der Waals surface area contributed by atoms with Gasteiger partial charge >= 0.3 is 0 Å². The minimum absolute atomic E-state index is 0. The van der Waals surface area contributed by atoms with Crippen LogP contribution < -0.4 is 14.5 Å². The number of fused-ring (bicyclic) bond motifs is 3. The van der Waals surface area contributed by atoms with Crippen LogP contribution in [0.3, 0.4) is 0 Å². The van der Waals surface area contributed by atoms with Gasteiger partial charge in [0.25, 0.3) is 0 Å². The fourth-order valence-corrected chi connectivity index (χ4v) is 9.14. The third-order valence-electron chi connectivity index (χ3n) is 11.8. The second-order valence-electron chi connectivity index (χ2n) is 21.4. The number of pyridine rings is 1. The van der Waals surface area contributed by atoms with Crippen molar-refractivity contribution in [2.45, 2.75) is 108 Å². The van der Waals surface area contributed by atoms with Gasteiger partial charge in [-0.3, -0.25) is 0 Å². The molecule has 0 bridgehead atoms. The molecule has 0 aliphatic carbocycles. The molecule has 7 aromatic rings. The number of hydrogen-bond donors (Lipinski definition) is 0. The monoisotopic (exact) mass is 1030 g/mol. The van der Waals surface area contributed by atoms with Gasteiger partial charge in [-0.2, -0.15) is 6.07 Å². The minimum atomic E-state index is -0.216. The number of ether oxygens (including phenoxy) is 1. The molecule has 2 aromatic heterocycles. The summed E-state index contributed by atoms with van der Waals surface area (Å²) in [5.74, 6) is 3.20. The van der Waals surface area contributed by atoms with Crippen molar-refractivity contribution >= 4 is 33.2 Å². The Morgan fingerprint density at radius 2 is 1.22 bits per heavy atom. The summed E-state index contributed by atoms with van der Waals surface area (Å²) in [5, 5.41) is 2.24. The number of nitrogens with zero attached hydrogens (tertiary/aromatic N) is 4. The van der Waals surface area contributed by atoms with Gasteiger partial charge in [0.1, 0.15) is 5.82 Å². The Bertz CT molecular complexity index is 2780. The molecule has 1 aliphatic rings. The van der Waals surface area contributed by atoms with Crippen LogP contribution in [0.1, 0.15) is 107 Å². The molecule has 64 heavy (non-hydrogen) atoms. The SMILES string of the molecule is CC(C)Cc1cc(CC(C)C)cc(N2[CH-]N(c3[c-]c(Oc4[c-]c5c(cc4)c4ccccc4n5-c4cc(C(C)(C)C)ccn4)cc(-c4ccccc4)c3)C(C(C)(C)C)=C2C(C)(C)C)c1.[Pt]. The number of aromatic nitrogens is 2. The number of rotatable bonds is 10. The fraction of sp³-hybridized carbons (Fsp3) is 0.345. The maximum Gasteiger partial charge on any atom is 0.135 e. The van der Waals surface area contributed by atoms with E-state index in [0.29, 0.717) is 23.3 Å². The molecular weight excluding hydrogens is 964 g/mol. The van der Waals surface area contributed by atoms with Crippen LogP contribution in [0.15, 0.2) is 127 Å². The molecule has 6 heteroatoms. The maximum atomic E-state index is 6.93. The summed E-state index contributed by atoms with van der Waals surface area (Å²) in [7, 11) is 0. The molecule has 0 unspecified atom stereocenters. The van der Waals surface area contributed by atoms with Gasteiger partial charge in [-0.1, -0.05) is 150 Å². The van der Waals surface area contributed by atoms with E-state index >= 15 is 0 Å². The summed E-state index contributed by atoms with van der Waals surface area (Å²) < 4.78 is 9.15. The summed E-state index contributed by atoms with van der Waals surface area (Å²) >= 11 is 0. The standard InChI is InChI=1S/C58H65N4O.Pt/c1-38(2)27-40-29-41(28-39(3)4)31-45(30-40)60-37-61(55(58(11,12)13)54(60)57(8,9)10)46-32-43(42-19-15-14-16-20-42)33-48(35-46)63-47-23-24-50-49-21-17-18-22-51(49)62(52(50)36-47)53-34-44(25-26-59-53)56(5,6)7;/h14-26,29-34,37-39H,27-28H2,1-13H3;/q-3;. The predicted molar refractivity (Wildman–Crippen MR) is 266 cm³/mol. The molecule has 0 saturated carbocycles. The molecule has 5 nitrogen and oxygen atoms in total. The second kappa shape index (κ2) is 18.0. The van der Waals surface area contributed by atoms with Crippen molar-refractivity contribution in [3.05, 3.63) is 162 Å². The van der Waals surface area contributed by atoms with Crippen LogP contribution in [0.5, 0.6) is 11.5 Å². The molecule has 3 heterocycles. The Hall–Kier alpha value is -5.12. The summed E-state index contributed by atoms with van der Waals surface area (Å²) in [5.41, 5.74) is 12.4. The first-order valence-corrected chi connectivity index (χ1v) is 22.8. The van der Waals surface area contributed by atoms with Gasteiger partial charge in [-0.15, -0.1) is 53.6 Å². The van der Waals surface area contributed by atoms with Crippen molar-refractivity contribution in [1.82, 2.24) is 9.55 Å². The zero-order valence-electron chi connectivity index (χ0n) is 40.1. The van der Waals surface area contributed by atoms with Crippen LogP contribution in [0.4, 0.5) is 11.4 Å². The van der Waals surface area contributed by atoms with E-state index in [9.17, 15) is 0 Å². The Morgan fingerprint density at radius 1 is 0.594 bits per heavy atom. The van der Waals surface area contributed by atoms with Crippen molar-refractivity contribution in [3.63, 3.8) is 0 Å². The molecule has 336 valence electrons. The van der Waals surface area contributed by atoms with Gasteiger partial charge in [0.15, 0.2) is 0 Å². The summed E-state index contributed by atoms with van der Waals surface area (Å²) in [6.45, 7) is 32.2.